The summed E-state index contributed by atoms with van der Waals surface area (Å²) >= 11 is 4.85. The lowest BCUT2D eigenvalue weighted by Gasteiger charge is -2.18. The van der Waals surface area contributed by atoms with Crippen molar-refractivity contribution < 1.29 is 4.79 Å². The highest BCUT2D eigenvalue weighted by atomic mass is 79.9. The van der Waals surface area contributed by atoms with Gasteiger partial charge in [0.05, 0.1) is 21.2 Å². The highest BCUT2D eigenvalue weighted by Gasteiger charge is 2.16. The van der Waals surface area contributed by atoms with Crippen LogP contribution in [0.5, 0.6) is 0 Å². The van der Waals surface area contributed by atoms with Crippen LogP contribution in [0.3, 0.4) is 0 Å². The molecule has 86 valence electrons. The number of nitriles is 1. The molecular weight excluding hydrogens is 288 g/mol. The van der Waals surface area contributed by atoms with E-state index in [-0.39, 0.29) is 5.91 Å². The van der Waals surface area contributed by atoms with E-state index in [0.29, 0.717) is 19.5 Å². The van der Waals surface area contributed by atoms with Crippen molar-refractivity contribution in [2.45, 2.75) is 20.3 Å². The zero-order valence-electron chi connectivity index (χ0n) is 9.29. The first-order chi connectivity index (χ1) is 7.60. The molecule has 3 nitrogen and oxygen atoms in total. The number of carbonyl (C=O) groups is 1. The third-order valence-electron chi connectivity index (χ3n) is 2.23. The van der Waals surface area contributed by atoms with Crippen molar-refractivity contribution in [2.75, 3.05) is 13.1 Å². The predicted molar refractivity (Wildman–Crippen MR) is 68.6 cm³/mol. The molecular formula is C11H13BrN2OS. The Balaban J connectivity index is 2.79. The average molecular weight is 301 g/mol. The summed E-state index contributed by atoms with van der Waals surface area (Å²) in [6.07, 6.45) is 0.380. The highest BCUT2D eigenvalue weighted by Crippen LogP contribution is 2.28. The monoisotopic (exact) mass is 300 g/mol. The van der Waals surface area contributed by atoms with Gasteiger partial charge in [0.1, 0.15) is 0 Å². The molecule has 0 N–H and O–H groups in total. The Kier molecular flexibility index (Phi) is 4.97. The maximum absolute atomic E-state index is 12.1. The van der Waals surface area contributed by atoms with Gasteiger partial charge < -0.3 is 4.90 Å². The van der Waals surface area contributed by atoms with Crippen molar-refractivity contribution in [1.29, 1.82) is 5.26 Å². The molecule has 0 aromatic carbocycles. The van der Waals surface area contributed by atoms with Gasteiger partial charge in [0.15, 0.2) is 0 Å². The summed E-state index contributed by atoms with van der Waals surface area (Å²) < 4.78 is 0.993. The molecule has 1 rings (SSSR count). The van der Waals surface area contributed by atoms with Crippen molar-refractivity contribution in [3.8, 4) is 6.07 Å². The molecule has 0 saturated carbocycles. The normalized spacial score (nSPS) is 9.88. The van der Waals surface area contributed by atoms with Gasteiger partial charge in [-0.3, -0.25) is 4.79 Å². The first kappa shape index (κ1) is 13.2. The second-order valence-corrected chi connectivity index (χ2v) is 5.73. The van der Waals surface area contributed by atoms with Crippen LogP contribution in [0, 0.1) is 18.3 Å². The van der Waals surface area contributed by atoms with Gasteiger partial charge in [0.25, 0.3) is 5.91 Å². The van der Waals surface area contributed by atoms with Gasteiger partial charge in [-0.15, -0.1) is 11.3 Å². The largest absolute Gasteiger partial charge is 0.337 e. The minimum atomic E-state index is 0.0107. The molecule has 1 amide bonds. The number of nitrogens with zero attached hydrogens (tertiary/aromatic N) is 2. The first-order valence-corrected chi connectivity index (χ1v) is 6.63. The Morgan fingerprint density at radius 2 is 2.38 bits per heavy atom. The van der Waals surface area contributed by atoms with E-state index < -0.39 is 0 Å². The minimum Gasteiger partial charge on any atom is -0.337 e. The molecule has 0 aliphatic carbocycles. The van der Waals surface area contributed by atoms with Gasteiger partial charge in [-0.05, 0) is 41.4 Å². The number of aryl methyl sites for hydroxylation is 1. The van der Waals surface area contributed by atoms with Crippen LogP contribution in [-0.2, 0) is 0 Å². The molecule has 0 atom stereocenters. The number of thiophene rings is 1. The average Bonchev–Trinajstić information content (AvgIpc) is 2.60. The van der Waals surface area contributed by atoms with Gasteiger partial charge in [0.2, 0.25) is 0 Å². The molecule has 0 bridgehead atoms. The van der Waals surface area contributed by atoms with Crippen LogP contribution in [0.1, 0.15) is 28.6 Å². The minimum absolute atomic E-state index is 0.0107. The Labute approximate surface area is 108 Å². The Morgan fingerprint density at radius 3 is 2.81 bits per heavy atom. The fourth-order valence-corrected chi connectivity index (χ4v) is 2.81. The summed E-state index contributed by atoms with van der Waals surface area (Å²) in [6, 6.07) is 3.94. The quantitative estimate of drug-likeness (QED) is 0.857. The third-order valence-corrected chi connectivity index (χ3v) is 4.36. The van der Waals surface area contributed by atoms with E-state index in [0.717, 1.165) is 14.2 Å². The number of halogens is 1. The lowest BCUT2D eigenvalue weighted by molar-refractivity contribution is 0.0772. The van der Waals surface area contributed by atoms with Gasteiger partial charge in [-0.1, -0.05) is 0 Å². The van der Waals surface area contributed by atoms with Gasteiger partial charge in [-0.25, -0.2) is 0 Å². The molecule has 5 heteroatoms. The Hall–Kier alpha value is -0.860. The number of hydrogen-bond donors (Lipinski definition) is 0. The van der Waals surface area contributed by atoms with E-state index in [1.165, 1.54) is 11.3 Å². The summed E-state index contributed by atoms with van der Waals surface area (Å²) in [7, 11) is 0. The lowest BCUT2D eigenvalue weighted by atomic mass is 10.3. The topological polar surface area (TPSA) is 44.1 Å². The van der Waals surface area contributed by atoms with E-state index >= 15 is 0 Å². The van der Waals surface area contributed by atoms with E-state index in [1.807, 2.05) is 19.9 Å². The number of hydrogen-bond acceptors (Lipinski definition) is 3. The summed E-state index contributed by atoms with van der Waals surface area (Å²) in [4.78, 5) is 14.5. The zero-order chi connectivity index (χ0) is 12.1. The van der Waals surface area contributed by atoms with Crippen LogP contribution < -0.4 is 0 Å². The van der Waals surface area contributed by atoms with Crippen molar-refractivity contribution in [3.63, 3.8) is 0 Å². The van der Waals surface area contributed by atoms with Crippen molar-refractivity contribution in [3.05, 3.63) is 20.3 Å². The lowest BCUT2D eigenvalue weighted by Crippen LogP contribution is -2.31. The van der Waals surface area contributed by atoms with Crippen LogP contribution >= 0.6 is 27.3 Å². The van der Waals surface area contributed by atoms with E-state index in [9.17, 15) is 4.79 Å². The van der Waals surface area contributed by atoms with Crippen LogP contribution in [0.2, 0.25) is 0 Å². The second kappa shape index (κ2) is 6.02. The Bertz CT molecular complexity index is 403. The fourth-order valence-electron chi connectivity index (χ4n) is 1.31. The van der Waals surface area contributed by atoms with Crippen LogP contribution in [-0.4, -0.2) is 23.9 Å². The summed E-state index contributed by atoms with van der Waals surface area (Å²) in [5, 5.41) is 8.52. The van der Waals surface area contributed by atoms with Crippen molar-refractivity contribution in [1.82, 2.24) is 4.90 Å². The van der Waals surface area contributed by atoms with Gasteiger partial charge in [0, 0.05) is 13.1 Å². The molecule has 1 aromatic heterocycles. The number of amides is 1. The van der Waals surface area contributed by atoms with Crippen LogP contribution in [0.4, 0.5) is 0 Å². The van der Waals surface area contributed by atoms with Gasteiger partial charge >= 0.3 is 0 Å². The van der Waals surface area contributed by atoms with Crippen molar-refractivity contribution in [2.24, 2.45) is 0 Å². The fraction of sp³-hybridized carbons (Fsp3) is 0.455. The van der Waals surface area contributed by atoms with Gasteiger partial charge in [-0.2, -0.15) is 5.26 Å². The van der Waals surface area contributed by atoms with Crippen molar-refractivity contribution >= 4 is 33.2 Å². The molecule has 0 unspecified atom stereocenters. The molecule has 0 aliphatic rings. The van der Waals surface area contributed by atoms with E-state index in [1.54, 1.807) is 4.90 Å². The summed E-state index contributed by atoms with van der Waals surface area (Å²) in [5.74, 6) is 0.0107. The Morgan fingerprint density at radius 1 is 1.69 bits per heavy atom. The van der Waals surface area contributed by atoms with Crippen LogP contribution in [0.15, 0.2) is 9.85 Å². The second-order valence-electron chi connectivity index (χ2n) is 3.36. The number of carbonyl (C=O) groups excluding carboxylic acids is 1. The molecule has 0 radical (unpaired) electrons. The maximum Gasteiger partial charge on any atom is 0.263 e. The molecule has 0 spiro atoms. The third kappa shape index (κ3) is 3.06. The highest BCUT2D eigenvalue weighted by molar-refractivity contribution is 9.11. The molecule has 0 saturated heterocycles. The summed E-state index contributed by atoms with van der Waals surface area (Å²) in [5.41, 5.74) is 1.07. The standard InChI is InChI=1S/C11H13BrN2OS/c1-3-14(6-4-5-13)11(15)9-7-8(2)10(12)16-9/h7H,3-4,6H2,1-2H3. The van der Waals surface area contributed by atoms with Crippen LogP contribution in [0.25, 0.3) is 0 Å². The number of rotatable bonds is 4. The molecule has 1 aromatic rings. The summed E-state index contributed by atoms with van der Waals surface area (Å²) in [6.45, 7) is 5.02. The SMILES string of the molecule is CCN(CCC#N)C(=O)c1cc(C)c(Br)s1. The molecule has 1 heterocycles. The molecule has 0 aliphatic heterocycles. The smallest absolute Gasteiger partial charge is 0.263 e. The van der Waals surface area contributed by atoms with E-state index in [2.05, 4.69) is 22.0 Å². The zero-order valence-corrected chi connectivity index (χ0v) is 11.7. The van der Waals surface area contributed by atoms with E-state index in [4.69, 9.17) is 5.26 Å². The molecule has 16 heavy (non-hydrogen) atoms. The maximum atomic E-state index is 12.1. The first-order valence-electron chi connectivity index (χ1n) is 5.02. The molecule has 0 fully saturated rings. The predicted octanol–water partition coefficient (Wildman–Crippen LogP) is 3.19.